The first kappa shape index (κ1) is 19.9. The van der Waals surface area contributed by atoms with Gasteiger partial charge < -0.3 is 9.47 Å². The van der Waals surface area contributed by atoms with E-state index in [1.165, 1.54) is 30.3 Å². The van der Waals surface area contributed by atoms with E-state index in [4.69, 9.17) is 9.47 Å². The molecule has 2 rings (SSSR count). The second-order valence-corrected chi connectivity index (χ2v) is 8.05. The lowest BCUT2D eigenvalue weighted by atomic mass is 10.2. The predicted octanol–water partition coefficient (Wildman–Crippen LogP) is 2.68. The van der Waals surface area contributed by atoms with Gasteiger partial charge in [0.05, 0.1) is 24.5 Å². The molecular formula is C17H19NO6S2. The minimum Gasteiger partial charge on any atom is -0.465 e. The van der Waals surface area contributed by atoms with Crippen LogP contribution >= 0.6 is 11.3 Å². The molecule has 0 unspecified atom stereocenters. The van der Waals surface area contributed by atoms with Crippen LogP contribution in [-0.4, -0.2) is 40.1 Å². The summed E-state index contributed by atoms with van der Waals surface area (Å²) >= 11 is 1.05. The number of anilines is 1. The molecular weight excluding hydrogens is 378 g/mol. The van der Waals surface area contributed by atoms with Gasteiger partial charge in [-0.3, -0.25) is 9.10 Å². The van der Waals surface area contributed by atoms with Gasteiger partial charge >= 0.3 is 11.9 Å². The van der Waals surface area contributed by atoms with Crippen molar-refractivity contribution in [2.75, 3.05) is 24.1 Å². The van der Waals surface area contributed by atoms with Crippen molar-refractivity contribution in [3.63, 3.8) is 0 Å². The highest BCUT2D eigenvalue weighted by Gasteiger charge is 2.28. The number of carbonyl (C=O) groups excluding carboxylic acids is 2. The monoisotopic (exact) mass is 397 g/mol. The number of hydrogen-bond donors (Lipinski definition) is 0. The van der Waals surface area contributed by atoms with Crippen molar-refractivity contribution in [1.82, 2.24) is 0 Å². The molecule has 0 fully saturated rings. The van der Waals surface area contributed by atoms with Gasteiger partial charge in [0.15, 0.2) is 0 Å². The molecule has 0 N–H and O–H groups in total. The molecule has 1 aromatic carbocycles. The van der Waals surface area contributed by atoms with Gasteiger partial charge in [-0.1, -0.05) is 6.07 Å². The normalized spacial score (nSPS) is 11.0. The third-order valence-corrected chi connectivity index (χ3v) is 6.43. The molecule has 1 aromatic heterocycles. The highest BCUT2D eigenvalue weighted by Crippen LogP contribution is 2.27. The number of rotatable bonds is 8. The van der Waals surface area contributed by atoms with Gasteiger partial charge in [0.25, 0.3) is 10.0 Å². The van der Waals surface area contributed by atoms with Crippen molar-refractivity contribution < 1.29 is 27.5 Å². The molecule has 2 aromatic rings. The summed E-state index contributed by atoms with van der Waals surface area (Å²) in [6.07, 6.45) is 0. The van der Waals surface area contributed by atoms with Gasteiger partial charge in [0, 0.05) is 0 Å². The van der Waals surface area contributed by atoms with E-state index in [9.17, 15) is 18.0 Å². The van der Waals surface area contributed by atoms with Crippen molar-refractivity contribution in [2.45, 2.75) is 18.1 Å². The Kier molecular flexibility index (Phi) is 6.76. The average molecular weight is 397 g/mol. The van der Waals surface area contributed by atoms with Gasteiger partial charge in [-0.25, -0.2) is 13.2 Å². The van der Waals surface area contributed by atoms with Crippen LogP contribution in [0.5, 0.6) is 0 Å². The number of benzene rings is 1. The Hall–Kier alpha value is -2.39. The van der Waals surface area contributed by atoms with Crippen LogP contribution in [0.4, 0.5) is 5.69 Å². The van der Waals surface area contributed by atoms with Crippen LogP contribution in [0.3, 0.4) is 0 Å². The van der Waals surface area contributed by atoms with Gasteiger partial charge in [-0.15, -0.1) is 11.3 Å². The number of thiophene rings is 1. The average Bonchev–Trinajstić information content (AvgIpc) is 3.16. The first-order chi connectivity index (χ1) is 12.4. The zero-order valence-corrected chi connectivity index (χ0v) is 16.0. The summed E-state index contributed by atoms with van der Waals surface area (Å²) < 4.78 is 36.6. The molecule has 0 amide bonds. The van der Waals surface area contributed by atoms with E-state index >= 15 is 0 Å². The standard InChI is InChI=1S/C17H19NO6S2/c1-3-23-15(19)12-18(26(21,22)16-6-5-11-25-16)14-9-7-13(8-10-14)17(20)24-4-2/h5-11H,3-4,12H2,1-2H3. The van der Waals surface area contributed by atoms with Crippen molar-refractivity contribution in [1.29, 1.82) is 0 Å². The third kappa shape index (κ3) is 4.61. The van der Waals surface area contributed by atoms with Gasteiger partial charge in [0.2, 0.25) is 0 Å². The molecule has 0 atom stereocenters. The Morgan fingerprint density at radius 3 is 2.23 bits per heavy atom. The zero-order chi connectivity index (χ0) is 19.2. The molecule has 0 aliphatic heterocycles. The summed E-state index contributed by atoms with van der Waals surface area (Å²) in [5.74, 6) is -1.17. The summed E-state index contributed by atoms with van der Waals surface area (Å²) in [5, 5.41) is 1.64. The Bertz CT molecular complexity index is 844. The van der Waals surface area contributed by atoms with Crippen LogP contribution < -0.4 is 4.31 Å². The molecule has 1 heterocycles. The molecule has 9 heteroatoms. The second-order valence-electron chi connectivity index (χ2n) is 5.02. The Balaban J connectivity index is 2.38. The largest absolute Gasteiger partial charge is 0.465 e. The van der Waals surface area contributed by atoms with E-state index in [1.807, 2.05) is 0 Å². The summed E-state index contributed by atoms with van der Waals surface area (Å²) in [5.41, 5.74) is 0.541. The Labute approximate surface area is 156 Å². The van der Waals surface area contributed by atoms with Gasteiger partial charge in [0.1, 0.15) is 10.8 Å². The Morgan fingerprint density at radius 1 is 1.04 bits per heavy atom. The maximum Gasteiger partial charge on any atom is 0.338 e. The fraction of sp³-hybridized carbons (Fsp3) is 0.294. The van der Waals surface area contributed by atoms with Crippen molar-refractivity contribution >= 4 is 39.0 Å². The Morgan fingerprint density at radius 2 is 1.69 bits per heavy atom. The highest BCUT2D eigenvalue weighted by molar-refractivity contribution is 7.94. The number of carbonyl (C=O) groups is 2. The van der Waals surface area contributed by atoms with Crippen LogP contribution in [0.25, 0.3) is 0 Å². The first-order valence-electron chi connectivity index (χ1n) is 7.89. The molecule has 0 saturated carbocycles. The predicted molar refractivity (Wildman–Crippen MR) is 97.9 cm³/mol. The summed E-state index contributed by atoms with van der Waals surface area (Å²) in [7, 11) is -3.93. The van der Waals surface area contributed by atoms with Crippen LogP contribution in [-0.2, 0) is 24.3 Å². The first-order valence-corrected chi connectivity index (χ1v) is 10.2. The van der Waals surface area contributed by atoms with Crippen molar-refractivity contribution in [3.05, 3.63) is 47.3 Å². The number of ether oxygens (including phenoxy) is 2. The molecule has 0 bridgehead atoms. The molecule has 0 aliphatic carbocycles. The fourth-order valence-electron chi connectivity index (χ4n) is 2.14. The van der Waals surface area contributed by atoms with Crippen molar-refractivity contribution in [2.24, 2.45) is 0 Å². The number of hydrogen-bond acceptors (Lipinski definition) is 7. The smallest absolute Gasteiger partial charge is 0.338 e. The zero-order valence-electron chi connectivity index (χ0n) is 14.4. The molecule has 140 valence electrons. The lowest BCUT2D eigenvalue weighted by Gasteiger charge is -2.23. The van der Waals surface area contributed by atoms with Gasteiger partial charge in [-0.05, 0) is 49.6 Å². The topological polar surface area (TPSA) is 90.0 Å². The maximum atomic E-state index is 12.9. The van der Waals surface area contributed by atoms with Crippen LogP contribution in [0.1, 0.15) is 24.2 Å². The summed E-state index contributed by atoms with van der Waals surface area (Å²) in [6.45, 7) is 3.26. The summed E-state index contributed by atoms with van der Waals surface area (Å²) in [6, 6.07) is 8.90. The number of esters is 2. The SMILES string of the molecule is CCOC(=O)CN(c1ccc(C(=O)OCC)cc1)S(=O)(=O)c1cccs1. The minimum absolute atomic E-state index is 0.108. The minimum atomic E-state index is -3.93. The fourth-order valence-corrected chi connectivity index (χ4v) is 4.65. The summed E-state index contributed by atoms with van der Waals surface area (Å²) in [4.78, 5) is 23.7. The molecule has 0 saturated heterocycles. The lowest BCUT2D eigenvalue weighted by molar-refractivity contribution is -0.141. The molecule has 0 spiro atoms. The quantitative estimate of drug-likeness (QED) is 0.636. The van der Waals surface area contributed by atoms with Crippen LogP contribution in [0, 0.1) is 0 Å². The van der Waals surface area contributed by atoms with E-state index in [0.29, 0.717) is 5.56 Å². The molecule has 0 radical (unpaired) electrons. The van der Waals surface area contributed by atoms with Gasteiger partial charge in [-0.2, -0.15) is 0 Å². The van der Waals surface area contributed by atoms with E-state index in [-0.39, 0.29) is 23.1 Å². The number of nitrogens with zero attached hydrogens (tertiary/aromatic N) is 1. The van der Waals surface area contributed by atoms with Crippen molar-refractivity contribution in [3.8, 4) is 0 Å². The van der Waals surface area contributed by atoms with E-state index in [2.05, 4.69) is 0 Å². The van der Waals surface area contributed by atoms with E-state index in [0.717, 1.165) is 15.6 Å². The van der Waals surface area contributed by atoms with E-state index in [1.54, 1.807) is 25.3 Å². The van der Waals surface area contributed by atoms with Crippen LogP contribution in [0.2, 0.25) is 0 Å². The molecule has 26 heavy (non-hydrogen) atoms. The third-order valence-electron chi connectivity index (χ3n) is 3.28. The highest BCUT2D eigenvalue weighted by atomic mass is 32.2. The maximum absolute atomic E-state index is 12.9. The second kappa shape index (κ2) is 8.81. The van der Waals surface area contributed by atoms with E-state index < -0.39 is 28.5 Å². The molecule has 7 nitrogen and oxygen atoms in total. The van der Waals surface area contributed by atoms with Crippen LogP contribution in [0.15, 0.2) is 46.0 Å². The molecule has 0 aliphatic rings. The lowest BCUT2D eigenvalue weighted by Crippen LogP contribution is -2.36. The number of sulfonamides is 1.